The van der Waals surface area contributed by atoms with Gasteiger partial charge in [0.05, 0.1) is 12.1 Å². The first-order valence-corrected chi connectivity index (χ1v) is 7.41. The Balaban J connectivity index is 2.19. The molecule has 2 heterocycles. The number of likely N-dealkylation sites (tertiary alicyclic amines) is 1. The Morgan fingerprint density at radius 3 is 2.60 bits per heavy atom. The Morgan fingerprint density at radius 2 is 2.05 bits per heavy atom. The van der Waals surface area contributed by atoms with Crippen molar-refractivity contribution in [3.05, 3.63) is 11.8 Å². The van der Waals surface area contributed by atoms with Gasteiger partial charge in [-0.2, -0.15) is 0 Å². The largest absolute Gasteiger partial charge is 0.423 e. The molecule has 1 aliphatic heterocycles. The molecule has 20 heavy (non-hydrogen) atoms. The molecule has 5 heteroatoms. The molecule has 5 nitrogen and oxygen atoms in total. The highest BCUT2D eigenvalue weighted by Gasteiger charge is 2.33. The summed E-state index contributed by atoms with van der Waals surface area (Å²) in [6, 6.07) is -0.0171. The molecular weight excluding hydrogens is 254 g/mol. The highest BCUT2D eigenvalue weighted by molar-refractivity contribution is 5.81. The molecule has 2 atom stereocenters. The van der Waals surface area contributed by atoms with E-state index in [-0.39, 0.29) is 23.3 Å². The highest BCUT2D eigenvalue weighted by Crippen LogP contribution is 2.30. The maximum atomic E-state index is 11.8. The number of hydrogen-bond acceptors (Lipinski definition) is 5. The summed E-state index contributed by atoms with van der Waals surface area (Å²) in [7, 11) is 0. The summed E-state index contributed by atoms with van der Waals surface area (Å²) in [6.45, 7) is 10.8. The van der Waals surface area contributed by atoms with Gasteiger partial charge in [-0.1, -0.05) is 27.2 Å². The molecule has 0 N–H and O–H groups in total. The van der Waals surface area contributed by atoms with Gasteiger partial charge in [0.25, 0.3) is 0 Å². The monoisotopic (exact) mass is 279 g/mol. The van der Waals surface area contributed by atoms with Gasteiger partial charge in [-0.15, -0.1) is 10.2 Å². The normalized spacial score (nSPS) is 22.8. The minimum Gasteiger partial charge on any atom is -0.423 e. The van der Waals surface area contributed by atoms with Crippen molar-refractivity contribution in [1.82, 2.24) is 15.1 Å². The molecular formula is C15H25N3O2. The fourth-order valence-corrected chi connectivity index (χ4v) is 2.70. The molecule has 2 rings (SSSR count). The number of carbonyl (C=O) groups excluding carboxylic acids is 1. The number of piperidine rings is 1. The fraction of sp³-hybridized carbons (Fsp3) is 0.800. The Bertz CT molecular complexity index is 476. The molecule has 0 bridgehead atoms. The van der Waals surface area contributed by atoms with Crippen LogP contribution >= 0.6 is 0 Å². The summed E-state index contributed by atoms with van der Waals surface area (Å²) >= 11 is 0. The lowest BCUT2D eigenvalue weighted by Gasteiger charge is -2.37. The Labute approximate surface area is 120 Å². The summed E-state index contributed by atoms with van der Waals surface area (Å²) in [5.41, 5.74) is -0.146. The predicted octanol–water partition coefficient (Wildman–Crippen LogP) is 2.87. The fourth-order valence-electron chi connectivity index (χ4n) is 2.70. The topological polar surface area (TPSA) is 59.2 Å². The quantitative estimate of drug-likeness (QED) is 0.851. The summed E-state index contributed by atoms with van der Waals surface area (Å²) in [5.74, 6) is 1.49. The van der Waals surface area contributed by atoms with Gasteiger partial charge in [-0.05, 0) is 33.2 Å². The van der Waals surface area contributed by atoms with Crippen molar-refractivity contribution < 1.29 is 9.21 Å². The number of nitrogens with zero attached hydrogens (tertiary/aromatic N) is 3. The minimum atomic E-state index is -0.146. The van der Waals surface area contributed by atoms with E-state index in [1.54, 1.807) is 6.92 Å². The first-order chi connectivity index (χ1) is 9.30. The van der Waals surface area contributed by atoms with Gasteiger partial charge in [0, 0.05) is 5.41 Å². The highest BCUT2D eigenvalue weighted by atomic mass is 16.4. The maximum absolute atomic E-state index is 11.8. The Morgan fingerprint density at radius 1 is 1.35 bits per heavy atom. The summed E-state index contributed by atoms with van der Waals surface area (Å²) < 4.78 is 5.82. The molecule has 1 saturated heterocycles. The molecule has 1 fully saturated rings. The van der Waals surface area contributed by atoms with Gasteiger partial charge in [-0.3, -0.25) is 9.69 Å². The van der Waals surface area contributed by atoms with E-state index in [0.717, 1.165) is 25.8 Å². The number of rotatable bonds is 3. The Kier molecular flexibility index (Phi) is 4.28. The first kappa shape index (κ1) is 15.2. The third kappa shape index (κ3) is 3.08. The number of carbonyl (C=O) groups is 1. The second kappa shape index (κ2) is 5.64. The molecule has 0 saturated carbocycles. The van der Waals surface area contributed by atoms with Crippen molar-refractivity contribution in [2.75, 3.05) is 6.54 Å². The lowest BCUT2D eigenvalue weighted by molar-refractivity contribution is -0.124. The Hall–Kier alpha value is -1.23. The predicted molar refractivity (Wildman–Crippen MR) is 76.4 cm³/mol. The molecule has 0 aromatic carbocycles. The zero-order valence-electron chi connectivity index (χ0n) is 13.1. The van der Waals surface area contributed by atoms with Crippen LogP contribution < -0.4 is 0 Å². The van der Waals surface area contributed by atoms with E-state index in [1.807, 2.05) is 27.7 Å². The third-order valence-corrected chi connectivity index (χ3v) is 3.95. The molecule has 112 valence electrons. The van der Waals surface area contributed by atoms with Crippen LogP contribution in [-0.2, 0) is 10.2 Å². The number of hydrogen-bond donors (Lipinski definition) is 0. The van der Waals surface area contributed by atoms with Crippen LogP contribution in [0.15, 0.2) is 4.42 Å². The second-order valence-corrected chi connectivity index (χ2v) is 6.73. The van der Waals surface area contributed by atoms with Crippen LogP contribution in [0.1, 0.15) is 71.7 Å². The molecule has 0 unspecified atom stereocenters. The standard InChI is InChI=1S/C15H25N3O2/c1-10(13-16-17-14(20-13)15(3,4)5)18-9-7-6-8-12(18)11(2)19/h10,12H,6-9H2,1-5H3/t10-,12-/m0/s1. The van der Waals surface area contributed by atoms with Gasteiger partial charge < -0.3 is 4.42 Å². The number of ketones is 1. The molecule has 0 amide bonds. The van der Waals surface area contributed by atoms with E-state index in [1.165, 1.54) is 0 Å². The van der Waals surface area contributed by atoms with Gasteiger partial charge in [-0.25, -0.2) is 0 Å². The lowest BCUT2D eigenvalue weighted by Crippen LogP contribution is -2.45. The van der Waals surface area contributed by atoms with Gasteiger partial charge in [0.2, 0.25) is 11.8 Å². The van der Waals surface area contributed by atoms with Crippen molar-refractivity contribution >= 4 is 5.78 Å². The van der Waals surface area contributed by atoms with Crippen LogP contribution in [0, 0.1) is 0 Å². The van der Waals surface area contributed by atoms with Crippen LogP contribution in [0.25, 0.3) is 0 Å². The van der Waals surface area contributed by atoms with E-state index < -0.39 is 0 Å². The van der Waals surface area contributed by atoms with Gasteiger partial charge in [0.15, 0.2) is 0 Å². The van der Waals surface area contributed by atoms with E-state index in [9.17, 15) is 4.79 Å². The molecule has 0 radical (unpaired) electrons. The van der Waals surface area contributed by atoms with Gasteiger partial charge >= 0.3 is 0 Å². The van der Waals surface area contributed by atoms with E-state index in [2.05, 4.69) is 15.1 Å². The zero-order valence-corrected chi connectivity index (χ0v) is 13.1. The van der Waals surface area contributed by atoms with Crippen molar-refractivity contribution in [3.63, 3.8) is 0 Å². The zero-order chi connectivity index (χ0) is 14.9. The summed E-state index contributed by atoms with van der Waals surface area (Å²) in [6.07, 6.45) is 3.17. The van der Waals surface area contributed by atoms with E-state index in [0.29, 0.717) is 11.8 Å². The smallest absolute Gasteiger partial charge is 0.233 e. The average Bonchev–Trinajstić information content (AvgIpc) is 2.87. The third-order valence-electron chi connectivity index (χ3n) is 3.95. The van der Waals surface area contributed by atoms with Crippen LogP contribution in [0.2, 0.25) is 0 Å². The first-order valence-electron chi connectivity index (χ1n) is 7.41. The number of Topliss-reactive ketones (excluding diaryl/α,β-unsaturated/α-hetero) is 1. The van der Waals surface area contributed by atoms with E-state index in [4.69, 9.17) is 4.42 Å². The minimum absolute atomic E-state index is 0.00667. The lowest BCUT2D eigenvalue weighted by atomic mass is 9.97. The van der Waals surface area contributed by atoms with Crippen LogP contribution in [-0.4, -0.2) is 33.5 Å². The molecule has 1 aliphatic rings. The SMILES string of the molecule is CC(=O)[C@@H]1CCCCN1[C@@H](C)c1nnc(C(C)(C)C)o1. The number of aromatic nitrogens is 2. The van der Waals surface area contributed by atoms with E-state index >= 15 is 0 Å². The summed E-state index contributed by atoms with van der Waals surface area (Å²) in [5, 5.41) is 8.33. The van der Waals surface area contributed by atoms with Crippen molar-refractivity contribution in [3.8, 4) is 0 Å². The van der Waals surface area contributed by atoms with Crippen LogP contribution in [0.5, 0.6) is 0 Å². The molecule has 0 spiro atoms. The molecule has 0 aliphatic carbocycles. The van der Waals surface area contributed by atoms with Crippen LogP contribution in [0.4, 0.5) is 0 Å². The maximum Gasteiger partial charge on any atom is 0.233 e. The van der Waals surface area contributed by atoms with Crippen molar-refractivity contribution in [1.29, 1.82) is 0 Å². The summed E-state index contributed by atoms with van der Waals surface area (Å²) in [4.78, 5) is 14.0. The van der Waals surface area contributed by atoms with Crippen molar-refractivity contribution in [2.24, 2.45) is 0 Å². The second-order valence-electron chi connectivity index (χ2n) is 6.73. The molecule has 1 aromatic heterocycles. The van der Waals surface area contributed by atoms with Gasteiger partial charge in [0.1, 0.15) is 5.78 Å². The average molecular weight is 279 g/mol. The van der Waals surface area contributed by atoms with Crippen LogP contribution in [0.3, 0.4) is 0 Å². The molecule has 1 aromatic rings. The van der Waals surface area contributed by atoms with Crippen molar-refractivity contribution in [2.45, 2.75) is 71.4 Å².